The molecule has 0 unspecified atom stereocenters. The first kappa shape index (κ1) is 16.6. The highest BCUT2D eigenvalue weighted by molar-refractivity contribution is 6.30. The lowest BCUT2D eigenvalue weighted by Crippen LogP contribution is -2.26. The van der Waals surface area contributed by atoms with Gasteiger partial charge in [0.05, 0.1) is 5.56 Å². The van der Waals surface area contributed by atoms with Gasteiger partial charge in [0.2, 0.25) is 0 Å². The van der Waals surface area contributed by atoms with Crippen molar-refractivity contribution in [3.05, 3.63) is 34.3 Å². The van der Waals surface area contributed by atoms with Crippen LogP contribution in [0.4, 0.5) is 13.2 Å². The van der Waals surface area contributed by atoms with Crippen LogP contribution < -0.4 is 5.73 Å². The molecule has 2 rings (SSSR count). The molecule has 0 aliphatic carbocycles. The van der Waals surface area contributed by atoms with Crippen LogP contribution >= 0.6 is 24.0 Å². The Morgan fingerprint density at radius 2 is 2.00 bits per heavy atom. The summed E-state index contributed by atoms with van der Waals surface area (Å²) in [6.07, 6.45) is -3.48. The van der Waals surface area contributed by atoms with Gasteiger partial charge in [-0.05, 0) is 30.2 Å². The summed E-state index contributed by atoms with van der Waals surface area (Å²) in [5.41, 5.74) is 5.63. The van der Waals surface area contributed by atoms with Crippen molar-refractivity contribution in [2.24, 2.45) is 5.73 Å². The predicted molar refractivity (Wildman–Crippen MR) is 71.6 cm³/mol. The molecular weight excluding hydrogens is 300 g/mol. The fourth-order valence-electron chi connectivity index (χ4n) is 2.17. The average molecular weight is 315 g/mol. The van der Waals surface area contributed by atoms with Gasteiger partial charge in [-0.2, -0.15) is 13.2 Å². The third-order valence-electron chi connectivity index (χ3n) is 3.00. The molecule has 2 N–H and O–H groups in total. The van der Waals surface area contributed by atoms with Gasteiger partial charge < -0.3 is 5.73 Å². The van der Waals surface area contributed by atoms with E-state index in [1.807, 2.05) is 4.90 Å². The van der Waals surface area contributed by atoms with Crippen molar-refractivity contribution in [2.75, 3.05) is 13.1 Å². The molecule has 1 saturated heterocycles. The second kappa shape index (κ2) is 6.31. The van der Waals surface area contributed by atoms with Crippen molar-refractivity contribution in [3.8, 4) is 0 Å². The molecule has 108 valence electrons. The SMILES string of the molecule is Cl.N[C@@H]1CCN(Cc2cc(Cl)cc(C(F)(F)F)c2)C1. The van der Waals surface area contributed by atoms with Crippen LogP contribution in [-0.2, 0) is 12.7 Å². The number of nitrogens with zero attached hydrogens (tertiary/aromatic N) is 1. The van der Waals surface area contributed by atoms with Gasteiger partial charge in [0.15, 0.2) is 0 Å². The van der Waals surface area contributed by atoms with Gasteiger partial charge in [-0.25, -0.2) is 0 Å². The highest BCUT2D eigenvalue weighted by atomic mass is 35.5. The smallest absolute Gasteiger partial charge is 0.326 e. The molecule has 0 bridgehead atoms. The fraction of sp³-hybridized carbons (Fsp3) is 0.500. The van der Waals surface area contributed by atoms with E-state index < -0.39 is 11.7 Å². The normalized spacial score (nSPS) is 20.4. The van der Waals surface area contributed by atoms with Crippen LogP contribution in [0, 0.1) is 0 Å². The molecule has 1 aliphatic rings. The van der Waals surface area contributed by atoms with Gasteiger partial charge in [-0.3, -0.25) is 4.90 Å². The van der Waals surface area contributed by atoms with Crippen LogP contribution in [0.3, 0.4) is 0 Å². The van der Waals surface area contributed by atoms with Crippen LogP contribution in [0.5, 0.6) is 0 Å². The van der Waals surface area contributed by atoms with Gasteiger partial charge in [-0.1, -0.05) is 11.6 Å². The van der Waals surface area contributed by atoms with Crippen molar-refractivity contribution < 1.29 is 13.2 Å². The number of hydrogen-bond donors (Lipinski definition) is 1. The Balaban J connectivity index is 0.00000180. The van der Waals surface area contributed by atoms with Crippen LogP contribution in [0.15, 0.2) is 18.2 Å². The van der Waals surface area contributed by atoms with E-state index in [9.17, 15) is 13.2 Å². The summed E-state index contributed by atoms with van der Waals surface area (Å²) in [7, 11) is 0. The maximum Gasteiger partial charge on any atom is 0.416 e. The summed E-state index contributed by atoms with van der Waals surface area (Å²) in [4.78, 5) is 2.04. The van der Waals surface area contributed by atoms with E-state index in [1.54, 1.807) is 6.07 Å². The molecule has 1 aromatic rings. The van der Waals surface area contributed by atoms with E-state index in [0.29, 0.717) is 18.7 Å². The first-order chi connectivity index (χ1) is 8.34. The van der Waals surface area contributed by atoms with E-state index in [1.165, 1.54) is 0 Å². The molecular formula is C12H15Cl2F3N2. The summed E-state index contributed by atoms with van der Waals surface area (Å²) in [5.74, 6) is 0. The Bertz CT molecular complexity index is 437. The number of benzene rings is 1. The standard InChI is InChI=1S/C12H14ClF3N2.ClH/c13-10-4-8(3-9(5-10)12(14,15)16)6-18-2-1-11(17)7-18;/h3-5,11H,1-2,6-7,17H2;1H/t11-;/m1./s1. The van der Waals surface area contributed by atoms with Gasteiger partial charge >= 0.3 is 6.18 Å². The van der Waals surface area contributed by atoms with E-state index >= 15 is 0 Å². The zero-order valence-corrected chi connectivity index (χ0v) is 11.7. The first-order valence-corrected chi connectivity index (χ1v) is 6.07. The van der Waals surface area contributed by atoms with Crippen molar-refractivity contribution in [3.63, 3.8) is 0 Å². The maximum atomic E-state index is 12.6. The van der Waals surface area contributed by atoms with Gasteiger partial charge in [0.1, 0.15) is 0 Å². The minimum atomic E-state index is -4.36. The van der Waals surface area contributed by atoms with Gasteiger partial charge in [0.25, 0.3) is 0 Å². The van der Waals surface area contributed by atoms with Gasteiger partial charge in [-0.15, -0.1) is 12.4 Å². The van der Waals surface area contributed by atoms with E-state index in [2.05, 4.69) is 0 Å². The van der Waals surface area contributed by atoms with E-state index in [4.69, 9.17) is 17.3 Å². The minimum absolute atomic E-state index is 0. The zero-order valence-electron chi connectivity index (χ0n) is 10.1. The Morgan fingerprint density at radius 3 is 2.53 bits per heavy atom. The highest BCUT2D eigenvalue weighted by Crippen LogP contribution is 2.32. The molecule has 0 aromatic heterocycles. The number of rotatable bonds is 2. The molecule has 1 aromatic carbocycles. The third-order valence-corrected chi connectivity index (χ3v) is 3.22. The minimum Gasteiger partial charge on any atom is -0.326 e. The molecule has 1 aliphatic heterocycles. The molecule has 19 heavy (non-hydrogen) atoms. The number of likely N-dealkylation sites (tertiary alicyclic amines) is 1. The molecule has 1 fully saturated rings. The Morgan fingerprint density at radius 1 is 1.32 bits per heavy atom. The number of halogens is 5. The molecule has 0 amide bonds. The first-order valence-electron chi connectivity index (χ1n) is 5.69. The third kappa shape index (κ3) is 4.53. The lowest BCUT2D eigenvalue weighted by molar-refractivity contribution is -0.137. The van der Waals surface area contributed by atoms with E-state index in [-0.39, 0.29) is 23.5 Å². The molecule has 2 nitrogen and oxygen atoms in total. The van der Waals surface area contributed by atoms with E-state index in [0.717, 1.165) is 25.1 Å². The molecule has 1 atom stereocenters. The summed E-state index contributed by atoms with van der Waals surface area (Å²) >= 11 is 5.73. The Labute approximate surface area is 121 Å². The van der Waals surface area contributed by atoms with Crippen LogP contribution in [0.25, 0.3) is 0 Å². The van der Waals surface area contributed by atoms with Crippen molar-refractivity contribution >= 4 is 24.0 Å². The lowest BCUT2D eigenvalue weighted by Gasteiger charge is -2.16. The molecule has 1 heterocycles. The Kier molecular flexibility index (Phi) is 5.50. The molecule has 0 saturated carbocycles. The van der Waals surface area contributed by atoms with Crippen molar-refractivity contribution in [1.29, 1.82) is 0 Å². The molecule has 7 heteroatoms. The Hall–Kier alpha value is -0.490. The van der Waals surface area contributed by atoms with Crippen LogP contribution in [-0.4, -0.2) is 24.0 Å². The van der Waals surface area contributed by atoms with Crippen molar-refractivity contribution in [1.82, 2.24) is 4.90 Å². The monoisotopic (exact) mass is 314 g/mol. The number of nitrogens with two attached hydrogens (primary N) is 1. The quantitative estimate of drug-likeness (QED) is 0.907. The molecule has 0 spiro atoms. The van der Waals surface area contributed by atoms with Crippen LogP contribution in [0.2, 0.25) is 5.02 Å². The predicted octanol–water partition coefficient (Wildman–Crippen LogP) is 3.31. The average Bonchev–Trinajstić information content (AvgIpc) is 2.61. The van der Waals surface area contributed by atoms with Crippen LogP contribution in [0.1, 0.15) is 17.5 Å². The summed E-state index contributed by atoms with van der Waals surface area (Å²) in [5, 5.41) is 0.114. The number of alkyl halides is 3. The summed E-state index contributed by atoms with van der Waals surface area (Å²) in [6.45, 7) is 1.99. The lowest BCUT2D eigenvalue weighted by atomic mass is 10.1. The summed E-state index contributed by atoms with van der Waals surface area (Å²) < 4.78 is 37.9. The second-order valence-corrected chi connectivity index (χ2v) is 5.07. The topological polar surface area (TPSA) is 29.3 Å². The fourth-order valence-corrected chi connectivity index (χ4v) is 2.43. The second-order valence-electron chi connectivity index (χ2n) is 4.63. The highest BCUT2D eigenvalue weighted by Gasteiger charge is 2.31. The maximum absolute atomic E-state index is 12.6. The zero-order chi connectivity index (χ0) is 13.3. The molecule has 0 radical (unpaired) electrons. The van der Waals surface area contributed by atoms with Crippen molar-refractivity contribution in [2.45, 2.75) is 25.2 Å². The number of hydrogen-bond acceptors (Lipinski definition) is 2. The van der Waals surface area contributed by atoms with Gasteiger partial charge in [0, 0.05) is 30.7 Å². The summed E-state index contributed by atoms with van der Waals surface area (Å²) in [6, 6.07) is 3.78. The largest absolute Gasteiger partial charge is 0.416 e.